The van der Waals surface area contributed by atoms with Crippen molar-refractivity contribution in [3.8, 4) is 11.5 Å². The van der Waals surface area contributed by atoms with Crippen molar-refractivity contribution in [3.63, 3.8) is 0 Å². The molecule has 0 unspecified atom stereocenters. The van der Waals surface area contributed by atoms with E-state index in [4.69, 9.17) is 25.8 Å². The maximum Gasteiger partial charge on any atom is 0.358 e. The zero-order valence-electron chi connectivity index (χ0n) is 10.9. The third-order valence-corrected chi connectivity index (χ3v) is 3.08. The van der Waals surface area contributed by atoms with Gasteiger partial charge in [0.1, 0.15) is 19.8 Å². The van der Waals surface area contributed by atoms with Crippen LogP contribution in [0.4, 0.5) is 0 Å². The molecule has 0 aliphatic carbocycles. The lowest BCUT2D eigenvalue weighted by Gasteiger charge is -2.20. The number of aromatic nitrogens is 2. The fourth-order valence-electron chi connectivity index (χ4n) is 1.87. The van der Waals surface area contributed by atoms with Gasteiger partial charge in [0.15, 0.2) is 17.2 Å². The largest absolute Gasteiger partial charge is 0.486 e. The highest BCUT2D eigenvalue weighted by molar-refractivity contribution is 6.32. The Kier molecular flexibility index (Phi) is 3.87. The highest BCUT2D eigenvalue weighted by Crippen LogP contribution is 2.38. The van der Waals surface area contributed by atoms with Gasteiger partial charge in [0.25, 0.3) is 0 Å². The van der Waals surface area contributed by atoms with Crippen molar-refractivity contribution in [1.29, 1.82) is 0 Å². The van der Waals surface area contributed by atoms with Gasteiger partial charge in [-0.25, -0.2) is 9.78 Å². The molecule has 2 aromatic rings. The third-order valence-electron chi connectivity index (χ3n) is 2.80. The summed E-state index contributed by atoms with van der Waals surface area (Å²) in [6, 6.07) is 3.42. The molecule has 108 valence electrons. The summed E-state index contributed by atoms with van der Waals surface area (Å²) in [7, 11) is 0. The van der Waals surface area contributed by atoms with Gasteiger partial charge in [-0.05, 0) is 17.7 Å². The molecule has 0 N–H and O–H groups in total. The SMILES string of the molecule is O=C(OCc1cc(Cl)c2c(c1)OCCO2)c1cnccn1. The van der Waals surface area contributed by atoms with Crippen molar-refractivity contribution in [2.45, 2.75) is 6.61 Å². The molecule has 1 aromatic heterocycles. The minimum atomic E-state index is -0.547. The molecular formula is C14H11ClN2O4. The highest BCUT2D eigenvalue weighted by atomic mass is 35.5. The minimum Gasteiger partial charge on any atom is -0.486 e. The Bertz CT molecular complexity index is 664. The molecule has 0 amide bonds. The quantitative estimate of drug-likeness (QED) is 0.810. The molecule has 1 aliphatic rings. The number of esters is 1. The van der Waals surface area contributed by atoms with Gasteiger partial charge in [0, 0.05) is 12.4 Å². The van der Waals surface area contributed by atoms with Gasteiger partial charge in [0.05, 0.1) is 11.2 Å². The standard InChI is InChI=1S/C14H11ClN2O4/c15-10-5-9(6-12-13(10)20-4-3-19-12)8-21-14(18)11-7-16-1-2-17-11/h1-2,5-7H,3-4,8H2. The number of carbonyl (C=O) groups excluding carboxylic acids is 1. The van der Waals surface area contributed by atoms with Crippen LogP contribution in [0.15, 0.2) is 30.7 Å². The summed E-state index contributed by atoms with van der Waals surface area (Å²) in [4.78, 5) is 19.5. The van der Waals surface area contributed by atoms with E-state index in [1.54, 1.807) is 12.1 Å². The predicted octanol–water partition coefficient (Wildman–Crippen LogP) is 2.26. The predicted molar refractivity (Wildman–Crippen MR) is 73.6 cm³/mol. The first-order valence-electron chi connectivity index (χ1n) is 6.25. The van der Waals surface area contributed by atoms with Gasteiger partial charge in [-0.3, -0.25) is 4.98 Å². The topological polar surface area (TPSA) is 70.5 Å². The van der Waals surface area contributed by atoms with Gasteiger partial charge in [-0.2, -0.15) is 0 Å². The number of benzene rings is 1. The maximum atomic E-state index is 11.8. The van der Waals surface area contributed by atoms with E-state index >= 15 is 0 Å². The normalized spacial score (nSPS) is 12.8. The number of carbonyl (C=O) groups is 1. The Balaban J connectivity index is 1.71. The molecular weight excluding hydrogens is 296 g/mol. The molecule has 3 rings (SSSR count). The van der Waals surface area contributed by atoms with Crippen LogP contribution < -0.4 is 9.47 Å². The number of fused-ring (bicyclic) bond motifs is 1. The Morgan fingerprint density at radius 2 is 2.14 bits per heavy atom. The second kappa shape index (κ2) is 5.97. The number of hydrogen-bond donors (Lipinski definition) is 0. The molecule has 21 heavy (non-hydrogen) atoms. The van der Waals surface area contributed by atoms with Crippen LogP contribution in [-0.2, 0) is 11.3 Å². The van der Waals surface area contributed by atoms with Crippen molar-refractivity contribution in [2.75, 3.05) is 13.2 Å². The molecule has 7 heteroatoms. The van der Waals surface area contributed by atoms with E-state index in [9.17, 15) is 4.79 Å². The Morgan fingerprint density at radius 1 is 1.29 bits per heavy atom. The second-order valence-electron chi connectivity index (χ2n) is 4.27. The number of nitrogens with zero attached hydrogens (tertiary/aromatic N) is 2. The zero-order chi connectivity index (χ0) is 14.7. The van der Waals surface area contributed by atoms with Crippen LogP contribution >= 0.6 is 11.6 Å². The molecule has 0 saturated heterocycles. The molecule has 0 radical (unpaired) electrons. The number of ether oxygens (including phenoxy) is 3. The first-order chi connectivity index (χ1) is 10.2. The lowest BCUT2D eigenvalue weighted by molar-refractivity contribution is 0.0464. The Labute approximate surface area is 125 Å². The molecule has 6 nitrogen and oxygen atoms in total. The summed E-state index contributed by atoms with van der Waals surface area (Å²) in [5, 5.41) is 0.428. The zero-order valence-corrected chi connectivity index (χ0v) is 11.7. The number of halogens is 1. The Morgan fingerprint density at radius 3 is 2.95 bits per heavy atom. The molecule has 0 spiro atoms. The van der Waals surface area contributed by atoms with Crippen molar-refractivity contribution >= 4 is 17.6 Å². The average molecular weight is 307 g/mol. The van der Waals surface area contributed by atoms with Crippen LogP contribution in [0.1, 0.15) is 16.1 Å². The lowest BCUT2D eigenvalue weighted by Crippen LogP contribution is -2.16. The van der Waals surface area contributed by atoms with E-state index < -0.39 is 5.97 Å². The number of rotatable bonds is 3. The highest BCUT2D eigenvalue weighted by Gasteiger charge is 2.17. The van der Waals surface area contributed by atoms with E-state index in [1.165, 1.54) is 18.6 Å². The van der Waals surface area contributed by atoms with Crippen LogP contribution in [0.3, 0.4) is 0 Å². The first kappa shape index (κ1) is 13.6. The van der Waals surface area contributed by atoms with Crippen LogP contribution in [0.25, 0.3) is 0 Å². The summed E-state index contributed by atoms with van der Waals surface area (Å²) in [6.45, 7) is 0.992. The van der Waals surface area contributed by atoms with Gasteiger partial charge in [-0.1, -0.05) is 11.6 Å². The van der Waals surface area contributed by atoms with Crippen molar-refractivity contribution < 1.29 is 19.0 Å². The van der Waals surface area contributed by atoms with Gasteiger partial charge >= 0.3 is 5.97 Å². The Hall–Kier alpha value is -2.34. The van der Waals surface area contributed by atoms with E-state index in [2.05, 4.69) is 9.97 Å². The summed E-state index contributed by atoms with van der Waals surface area (Å²) in [5.41, 5.74) is 0.864. The van der Waals surface area contributed by atoms with Gasteiger partial charge in [-0.15, -0.1) is 0 Å². The molecule has 0 fully saturated rings. The maximum absolute atomic E-state index is 11.8. The molecule has 0 atom stereocenters. The minimum absolute atomic E-state index is 0.0613. The van der Waals surface area contributed by atoms with E-state index in [-0.39, 0.29) is 12.3 Å². The van der Waals surface area contributed by atoms with Crippen molar-refractivity contribution in [1.82, 2.24) is 9.97 Å². The van der Waals surface area contributed by atoms with Crippen molar-refractivity contribution in [2.24, 2.45) is 0 Å². The fraction of sp³-hybridized carbons (Fsp3) is 0.214. The summed E-state index contributed by atoms with van der Waals surface area (Å²) in [5.74, 6) is 0.528. The second-order valence-corrected chi connectivity index (χ2v) is 4.68. The fourth-order valence-corrected chi connectivity index (χ4v) is 2.16. The summed E-state index contributed by atoms with van der Waals surface area (Å²) < 4.78 is 16.0. The monoisotopic (exact) mass is 306 g/mol. The molecule has 0 saturated carbocycles. The summed E-state index contributed by atoms with van der Waals surface area (Å²) in [6.07, 6.45) is 4.26. The average Bonchev–Trinajstić information content (AvgIpc) is 2.53. The van der Waals surface area contributed by atoms with E-state index in [1.807, 2.05) is 0 Å². The van der Waals surface area contributed by atoms with Gasteiger partial charge in [0.2, 0.25) is 0 Å². The smallest absolute Gasteiger partial charge is 0.358 e. The summed E-state index contributed by atoms with van der Waals surface area (Å²) >= 11 is 6.11. The van der Waals surface area contributed by atoms with Crippen molar-refractivity contribution in [3.05, 3.63) is 47.0 Å². The van der Waals surface area contributed by atoms with Crippen LogP contribution in [0.5, 0.6) is 11.5 Å². The van der Waals surface area contributed by atoms with Crippen LogP contribution in [-0.4, -0.2) is 29.2 Å². The van der Waals surface area contributed by atoms with E-state index in [0.29, 0.717) is 35.3 Å². The molecule has 1 aromatic carbocycles. The third kappa shape index (κ3) is 3.05. The first-order valence-corrected chi connectivity index (χ1v) is 6.63. The van der Waals surface area contributed by atoms with Gasteiger partial charge < -0.3 is 14.2 Å². The van der Waals surface area contributed by atoms with Crippen LogP contribution in [0, 0.1) is 0 Å². The molecule has 0 bridgehead atoms. The molecule has 2 heterocycles. The molecule has 1 aliphatic heterocycles. The lowest BCUT2D eigenvalue weighted by atomic mass is 10.2. The number of hydrogen-bond acceptors (Lipinski definition) is 6. The van der Waals surface area contributed by atoms with E-state index in [0.717, 1.165) is 0 Å². The van der Waals surface area contributed by atoms with Crippen LogP contribution in [0.2, 0.25) is 5.02 Å².